The van der Waals surface area contributed by atoms with E-state index in [1.165, 1.54) is 7.11 Å². The minimum Gasteiger partial charge on any atom is -0.485 e. The number of methoxy groups -OCH3 is 1. The molecule has 0 heterocycles. The molecule has 1 unspecified atom stereocenters. The highest BCUT2D eigenvalue weighted by Crippen LogP contribution is 2.47. The first kappa shape index (κ1) is 30.9. The van der Waals surface area contributed by atoms with Gasteiger partial charge in [-0.25, -0.2) is 4.79 Å². The second-order valence-corrected chi connectivity index (χ2v) is 10.7. The number of ether oxygens (including phenoxy) is 4. The lowest BCUT2D eigenvalue weighted by molar-refractivity contribution is -0.164. The first-order valence-corrected chi connectivity index (χ1v) is 14.7. The van der Waals surface area contributed by atoms with Crippen molar-refractivity contribution in [2.45, 2.75) is 39.6 Å². The van der Waals surface area contributed by atoms with E-state index < -0.39 is 31.8 Å². The van der Waals surface area contributed by atoms with Gasteiger partial charge in [0, 0.05) is 6.42 Å². The number of hydrogen-bond acceptors (Lipinski definition) is 9. The SMILES string of the molecule is CCOP(=O)(CC(=O)OC(Cc1ccc(OCc2ccccc2)c(OCc2ccccc2)c1)C(=O)OC)OCC. The zero-order valence-corrected chi connectivity index (χ0v) is 23.8. The summed E-state index contributed by atoms with van der Waals surface area (Å²) in [5.41, 5.74) is 2.60. The zero-order chi connectivity index (χ0) is 28.8. The van der Waals surface area contributed by atoms with Crippen LogP contribution in [-0.4, -0.2) is 44.5 Å². The fourth-order valence-corrected chi connectivity index (χ4v) is 5.21. The van der Waals surface area contributed by atoms with Crippen LogP contribution in [-0.2, 0) is 52.3 Å². The first-order valence-electron chi connectivity index (χ1n) is 13.0. The monoisotopic (exact) mass is 570 g/mol. The third-order valence-corrected chi connectivity index (χ3v) is 7.56. The third-order valence-electron chi connectivity index (χ3n) is 5.62. The van der Waals surface area contributed by atoms with Crippen molar-refractivity contribution in [2.75, 3.05) is 26.5 Å². The van der Waals surface area contributed by atoms with Crippen molar-refractivity contribution in [3.05, 3.63) is 95.6 Å². The van der Waals surface area contributed by atoms with Crippen molar-refractivity contribution >= 4 is 19.5 Å². The van der Waals surface area contributed by atoms with E-state index in [9.17, 15) is 14.2 Å². The predicted octanol–water partition coefficient (Wildman–Crippen LogP) is 5.74. The Kier molecular flexibility index (Phi) is 12.2. The summed E-state index contributed by atoms with van der Waals surface area (Å²) < 4.78 is 45.5. The lowest BCUT2D eigenvalue weighted by Gasteiger charge is -2.20. The summed E-state index contributed by atoms with van der Waals surface area (Å²) in [6.07, 6.45) is -1.92. The van der Waals surface area contributed by atoms with Crippen LogP contribution in [0.3, 0.4) is 0 Å². The maximum atomic E-state index is 12.7. The number of carbonyl (C=O) groups excluding carboxylic acids is 2. The Morgan fingerprint density at radius 1 is 0.750 bits per heavy atom. The van der Waals surface area contributed by atoms with Gasteiger partial charge in [0.2, 0.25) is 6.10 Å². The molecule has 0 aromatic heterocycles. The van der Waals surface area contributed by atoms with E-state index in [1.807, 2.05) is 60.7 Å². The van der Waals surface area contributed by atoms with Crippen LogP contribution in [0.4, 0.5) is 0 Å². The number of benzene rings is 3. The molecule has 214 valence electrons. The molecule has 0 spiro atoms. The summed E-state index contributed by atoms with van der Waals surface area (Å²) >= 11 is 0. The fourth-order valence-electron chi connectivity index (χ4n) is 3.78. The van der Waals surface area contributed by atoms with Crippen molar-refractivity contribution in [1.29, 1.82) is 0 Å². The molecular weight excluding hydrogens is 535 g/mol. The normalized spacial score (nSPS) is 11.9. The molecule has 0 amide bonds. The number of hydrogen-bond donors (Lipinski definition) is 0. The fraction of sp³-hybridized carbons (Fsp3) is 0.333. The molecule has 3 rings (SSSR count). The summed E-state index contributed by atoms with van der Waals surface area (Å²) in [6, 6.07) is 24.6. The smallest absolute Gasteiger partial charge is 0.347 e. The van der Waals surface area contributed by atoms with E-state index in [4.69, 9.17) is 28.0 Å². The summed E-state index contributed by atoms with van der Waals surface area (Å²) in [7, 11) is -2.50. The van der Waals surface area contributed by atoms with Gasteiger partial charge in [-0.1, -0.05) is 66.7 Å². The molecule has 3 aromatic carbocycles. The third kappa shape index (κ3) is 9.83. The minimum atomic E-state index is -3.70. The molecule has 0 bridgehead atoms. The van der Waals surface area contributed by atoms with Gasteiger partial charge in [-0.3, -0.25) is 9.36 Å². The average molecular weight is 571 g/mol. The molecule has 0 saturated heterocycles. The molecule has 0 aliphatic carbocycles. The standard InChI is InChI=1S/C30H35O9P/c1-4-37-40(33,38-5-2)22-29(31)39-28(30(32)34-3)19-25-16-17-26(35-20-23-12-8-6-9-13-23)27(18-25)36-21-24-14-10-7-11-15-24/h6-18,28H,4-5,19-22H2,1-3H3. The molecule has 9 nitrogen and oxygen atoms in total. The molecule has 40 heavy (non-hydrogen) atoms. The van der Waals surface area contributed by atoms with E-state index in [0.717, 1.165) is 11.1 Å². The molecule has 3 aromatic rings. The van der Waals surface area contributed by atoms with Gasteiger partial charge in [-0.15, -0.1) is 0 Å². The van der Waals surface area contributed by atoms with E-state index in [0.29, 0.717) is 30.3 Å². The van der Waals surface area contributed by atoms with Crippen molar-refractivity contribution in [3.8, 4) is 11.5 Å². The van der Waals surface area contributed by atoms with Crippen molar-refractivity contribution in [1.82, 2.24) is 0 Å². The van der Waals surface area contributed by atoms with Gasteiger partial charge in [0.15, 0.2) is 11.5 Å². The maximum Gasteiger partial charge on any atom is 0.347 e. The van der Waals surface area contributed by atoms with Crippen LogP contribution in [0.25, 0.3) is 0 Å². The minimum absolute atomic E-state index is 0.00729. The van der Waals surface area contributed by atoms with Gasteiger partial charge < -0.3 is 28.0 Å². The molecule has 0 fully saturated rings. The number of carbonyl (C=O) groups is 2. The van der Waals surface area contributed by atoms with Crippen LogP contribution >= 0.6 is 7.60 Å². The Balaban J connectivity index is 1.78. The van der Waals surface area contributed by atoms with Crippen molar-refractivity contribution in [2.24, 2.45) is 0 Å². The summed E-state index contributed by atoms with van der Waals surface area (Å²) in [4.78, 5) is 25.1. The first-order chi connectivity index (χ1) is 19.4. The van der Waals surface area contributed by atoms with Crippen LogP contribution in [0.15, 0.2) is 78.9 Å². The lowest BCUT2D eigenvalue weighted by Crippen LogP contribution is -2.31. The Morgan fingerprint density at radius 2 is 1.30 bits per heavy atom. The molecule has 0 aliphatic rings. The van der Waals surface area contributed by atoms with Gasteiger partial charge in [0.05, 0.1) is 20.3 Å². The van der Waals surface area contributed by atoms with E-state index in [2.05, 4.69) is 0 Å². The highest BCUT2D eigenvalue weighted by Gasteiger charge is 2.32. The molecule has 0 radical (unpaired) electrons. The molecule has 0 N–H and O–H groups in total. The van der Waals surface area contributed by atoms with Crippen molar-refractivity contribution in [3.63, 3.8) is 0 Å². The second-order valence-electron chi connectivity index (χ2n) is 8.64. The maximum absolute atomic E-state index is 12.7. The molecule has 10 heteroatoms. The van der Waals surface area contributed by atoms with Crippen LogP contribution in [0.1, 0.15) is 30.5 Å². The van der Waals surface area contributed by atoms with E-state index in [-0.39, 0.29) is 19.6 Å². The van der Waals surface area contributed by atoms with Gasteiger partial charge in [-0.2, -0.15) is 0 Å². The van der Waals surface area contributed by atoms with Crippen LogP contribution < -0.4 is 9.47 Å². The molecule has 0 aliphatic heterocycles. The Morgan fingerprint density at radius 3 is 1.82 bits per heavy atom. The van der Waals surface area contributed by atoms with Gasteiger partial charge >= 0.3 is 19.5 Å². The topological polar surface area (TPSA) is 107 Å². The van der Waals surface area contributed by atoms with Gasteiger partial charge in [0.25, 0.3) is 0 Å². The largest absolute Gasteiger partial charge is 0.485 e. The lowest BCUT2D eigenvalue weighted by atomic mass is 10.1. The highest BCUT2D eigenvalue weighted by atomic mass is 31.2. The van der Waals surface area contributed by atoms with Gasteiger partial charge in [-0.05, 0) is 42.7 Å². The Bertz CT molecular complexity index is 1250. The van der Waals surface area contributed by atoms with Crippen LogP contribution in [0, 0.1) is 0 Å². The zero-order valence-electron chi connectivity index (χ0n) is 22.9. The quantitative estimate of drug-likeness (QED) is 0.157. The Labute approximate surface area is 234 Å². The van der Waals surface area contributed by atoms with Crippen molar-refractivity contribution < 1.29 is 42.1 Å². The molecule has 0 saturated carbocycles. The molecule has 1 atom stereocenters. The predicted molar refractivity (Wildman–Crippen MR) is 149 cm³/mol. The van der Waals surface area contributed by atoms with Crippen LogP contribution in [0.5, 0.6) is 11.5 Å². The van der Waals surface area contributed by atoms with E-state index >= 15 is 0 Å². The Hall–Kier alpha value is -3.65. The van der Waals surface area contributed by atoms with E-state index in [1.54, 1.807) is 32.0 Å². The molecular formula is C30H35O9P. The second kappa shape index (κ2) is 15.8. The van der Waals surface area contributed by atoms with Crippen LogP contribution in [0.2, 0.25) is 0 Å². The summed E-state index contributed by atoms with van der Waals surface area (Å²) in [5, 5.41) is 0. The van der Waals surface area contributed by atoms with Gasteiger partial charge in [0.1, 0.15) is 19.4 Å². The average Bonchev–Trinajstić information content (AvgIpc) is 2.96. The highest BCUT2D eigenvalue weighted by molar-refractivity contribution is 7.54. The summed E-state index contributed by atoms with van der Waals surface area (Å²) in [6.45, 7) is 4.10. The number of esters is 2. The number of rotatable bonds is 16. The summed E-state index contributed by atoms with van der Waals surface area (Å²) in [5.74, 6) is -0.676.